The van der Waals surface area contributed by atoms with Gasteiger partial charge in [0.15, 0.2) is 22.9 Å². The maximum absolute atomic E-state index is 14.0. The maximum atomic E-state index is 14.0. The van der Waals surface area contributed by atoms with Gasteiger partial charge in [0.2, 0.25) is 5.82 Å². The van der Waals surface area contributed by atoms with Crippen LogP contribution in [-0.4, -0.2) is 19.9 Å². The minimum absolute atomic E-state index is 0.0232. The Balaban J connectivity index is 1.82. The number of nitrogens with one attached hydrogen (secondary N) is 3. The van der Waals surface area contributed by atoms with Crippen LogP contribution in [0.4, 0.5) is 45.0 Å². The van der Waals surface area contributed by atoms with E-state index in [4.69, 9.17) is 0 Å². The van der Waals surface area contributed by atoms with Crippen LogP contribution in [0.1, 0.15) is 5.82 Å². The van der Waals surface area contributed by atoms with Crippen LogP contribution in [0.25, 0.3) is 11.3 Å². The van der Waals surface area contributed by atoms with Gasteiger partial charge in [-0.05, 0) is 30.3 Å². The molecule has 0 aliphatic carbocycles. The maximum Gasteiger partial charge on any atom is 0.449 e. The quantitative estimate of drug-likeness (QED) is 0.409. The molecule has 0 radical (unpaired) electrons. The molecule has 2 aromatic heterocycles. The molecule has 4 aromatic rings. The fraction of sp³-hybridized carbons (Fsp3) is 0.0556. The first kappa shape index (κ1) is 18.6. The summed E-state index contributed by atoms with van der Waals surface area (Å²) in [4.78, 5) is 13.5. The Hall–Kier alpha value is -3.76. The second-order valence-electron chi connectivity index (χ2n) is 5.92. The number of nitrogens with zero attached hydrogens (tertiary/aromatic N) is 3. The van der Waals surface area contributed by atoms with E-state index in [1.54, 1.807) is 6.07 Å². The molecule has 0 aliphatic rings. The molecule has 2 heterocycles. The SMILES string of the molecule is Fc1cccc(Nc2nc3[nH]c(C(F)(F)F)nc3nc2Nc2ccccc2F)c1. The van der Waals surface area contributed by atoms with Crippen LogP contribution in [0.3, 0.4) is 0 Å². The smallest absolute Gasteiger partial charge is 0.337 e. The molecule has 3 N–H and O–H groups in total. The molecule has 0 aliphatic heterocycles. The van der Waals surface area contributed by atoms with E-state index < -0.39 is 23.6 Å². The Morgan fingerprint density at radius 2 is 1.59 bits per heavy atom. The second-order valence-corrected chi connectivity index (χ2v) is 5.92. The molecule has 0 atom stereocenters. The van der Waals surface area contributed by atoms with E-state index in [0.29, 0.717) is 0 Å². The van der Waals surface area contributed by atoms with Crippen molar-refractivity contribution >= 4 is 34.3 Å². The molecule has 11 heteroatoms. The summed E-state index contributed by atoms with van der Waals surface area (Å²) < 4.78 is 66.3. The van der Waals surface area contributed by atoms with Gasteiger partial charge in [-0.1, -0.05) is 18.2 Å². The first-order chi connectivity index (χ1) is 13.8. The summed E-state index contributed by atoms with van der Waals surface area (Å²) in [6.07, 6.45) is -4.72. The van der Waals surface area contributed by atoms with Gasteiger partial charge in [-0.3, -0.25) is 0 Å². The van der Waals surface area contributed by atoms with Gasteiger partial charge < -0.3 is 15.6 Å². The second kappa shape index (κ2) is 7.00. The van der Waals surface area contributed by atoms with Crippen molar-refractivity contribution in [3.63, 3.8) is 0 Å². The summed E-state index contributed by atoms with van der Waals surface area (Å²) >= 11 is 0. The molecular weight excluding hydrogens is 395 g/mol. The fourth-order valence-electron chi connectivity index (χ4n) is 2.54. The number of aromatic amines is 1. The molecule has 6 nitrogen and oxygen atoms in total. The average molecular weight is 406 g/mol. The van der Waals surface area contributed by atoms with Gasteiger partial charge in [-0.2, -0.15) is 13.2 Å². The Morgan fingerprint density at radius 1 is 0.828 bits per heavy atom. The zero-order valence-electron chi connectivity index (χ0n) is 14.4. The summed E-state index contributed by atoms with van der Waals surface area (Å²) in [7, 11) is 0. The lowest BCUT2D eigenvalue weighted by molar-refractivity contribution is -0.144. The number of fused-ring (bicyclic) bond motifs is 1. The van der Waals surface area contributed by atoms with Crippen LogP contribution < -0.4 is 10.6 Å². The highest BCUT2D eigenvalue weighted by molar-refractivity contribution is 5.79. The van der Waals surface area contributed by atoms with E-state index in [1.165, 1.54) is 36.4 Å². The molecule has 29 heavy (non-hydrogen) atoms. The van der Waals surface area contributed by atoms with Crippen LogP contribution in [0.5, 0.6) is 0 Å². The van der Waals surface area contributed by atoms with E-state index in [0.717, 1.165) is 6.07 Å². The highest BCUT2D eigenvalue weighted by atomic mass is 19.4. The van der Waals surface area contributed by atoms with Crippen LogP contribution in [0.15, 0.2) is 48.5 Å². The van der Waals surface area contributed by atoms with Gasteiger partial charge in [0.1, 0.15) is 11.6 Å². The average Bonchev–Trinajstić information content (AvgIpc) is 3.07. The highest BCUT2D eigenvalue weighted by Crippen LogP contribution is 2.31. The summed E-state index contributed by atoms with van der Waals surface area (Å²) in [5.74, 6) is -2.55. The molecule has 0 fully saturated rings. The van der Waals surface area contributed by atoms with E-state index in [-0.39, 0.29) is 34.3 Å². The Bertz CT molecular complexity index is 1190. The molecule has 2 aromatic carbocycles. The molecule has 0 saturated heterocycles. The Kier molecular flexibility index (Phi) is 4.49. The van der Waals surface area contributed by atoms with Crippen molar-refractivity contribution in [1.29, 1.82) is 0 Å². The van der Waals surface area contributed by atoms with Crippen molar-refractivity contribution in [2.75, 3.05) is 10.6 Å². The summed E-state index contributed by atoms with van der Waals surface area (Å²) in [6, 6.07) is 11.0. The van der Waals surface area contributed by atoms with E-state index >= 15 is 0 Å². The van der Waals surface area contributed by atoms with E-state index in [1.807, 2.05) is 4.98 Å². The lowest BCUT2D eigenvalue weighted by Crippen LogP contribution is -2.06. The van der Waals surface area contributed by atoms with Crippen LogP contribution in [-0.2, 0) is 6.18 Å². The number of imidazole rings is 1. The van der Waals surface area contributed by atoms with Crippen molar-refractivity contribution in [3.05, 3.63) is 66.0 Å². The van der Waals surface area contributed by atoms with Crippen molar-refractivity contribution < 1.29 is 22.0 Å². The lowest BCUT2D eigenvalue weighted by atomic mass is 10.3. The molecule has 0 saturated carbocycles. The number of halogens is 5. The van der Waals surface area contributed by atoms with E-state index in [2.05, 4.69) is 25.6 Å². The van der Waals surface area contributed by atoms with Crippen LogP contribution in [0, 0.1) is 11.6 Å². The van der Waals surface area contributed by atoms with Gasteiger partial charge >= 0.3 is 6.18 Å². The van der Waals surface area contributed by atoms with Crippen molar-refractivity contribution in [2.45, 2.75) is 6.18 Å². The fourth-order valence-corrected chi connectivity index (χ4v) is 2.54. The predicted molar refractivity (Wildman–Crippen MR) is 96.1 cm³/mol. The molecule has 0 bridgehead atoms. The number of hydrogen-bond acceptors (Lipinski definition) is 5. The standard InChI is InChI=1S/C18H11F5N6/c19-9-4-3-5-10(8-9)24-13-14(25-12-7-2-1-6-11(12)20)27-16-15(26-13)28-17(29-16)18(21,22)23/h1-8H,(H3,24,25,26,27,28,29). The zero-order chi connectivity index (χ0) is 20.6. The normalized spacial score (nSPS) is 11.6. The number of aromatic nitrogens is 4. The summed E-state index contributed by atoms with van der Waals surface area (Å²) in [5, 5.41) is 5.44. The largest absolute Gasteiger partial charge is 0.449 e. The number of rotatable bonds is 4. The third-order valence-electron chi connectivity index (χ3n) is 3.81. The third kappa shape index (κ3) is 3.93. The van der Waals surface area contributed by atoms with Gasteiger partial charge in [0, 0.05) is 5.69 Å². The lowest BCUT2D eigenvalue weighted by Gasteiger charge is -2.12. The zero-order valence-corrected chi connectivity index (χ0v) is 14.4. The number of hydrogen-bond donors (Lipinski definition) is 3. The van der Waals surface area contributed by atoms with Gasteiger partial charge in [-0.15, -0.1) is 0 Å². The molecular formula is C18H11F5N6. The van der Waals surface area contributed by atoms with Crippen molar-refractivity contribution in [1.82, 2.24) is 19.9 Å². The number of H-pyrrole nitrogens is 1. The molecule has 0 spiro atoms. The van der Waals surface area contributed by atoms with Gasteiger partial charge in [-0.25, -0.2) is 23.7 Å². The van der Waals surface area contributed by atoms with Crippen LogP contribution >= 0.6 is 0 Å². The molecule has 148 valence electrons. The summed E-state index contributed by atoms with van der Waals surface area (Å²) in [5.41, 5.74) is -0.267. The predicted octanol–water partition coefficient (Wildman–Crippen LogP) is 5.14. The number of benzene rings is 2. The first-order valence-electron chi connectivity index (χ1n) is 8.19. The number of alkyl halides is 3. The van der Waals surface area contributed by atoms with E-state index in [9.17, 15) is 22.0 Å². The monoisotopic (exact) mass is 406 g/mol. The number of anilines is 4. The summed E-state index contributed by atoms with van der Waals surface area (Å²) in [6.45, 7) is 0. The minimum Gasteiger partial charge on any atom is -0.337 e. The Morgan fingerprint density at radius 3 is 2.31 bits per heavy atom. The van der Waals surface area contributed by atoms with Crippen molar-refractivity contribution in [3.8, 4) is 0 Å². The van der Waals surface area contributed by atoms with Crippen LogP contribution in [0.2, 0.25) is 0 Å². The van der Waals surface area contributed by atoms with Crippen molar-refractivity contribution in [2.24, 2.45) is 0 Å². The topological polar surface area (TPSA) is 78.5 Å². The first-order valence-corrected chi connectivity index (χ1v) is 8.19. The van der Waals surface area contributed by atoms with Gasteiger partial charge in [0.25, 0.3) is 0 Å². The highest BCUT2D eigenvalue weighted by Gasteiger charge is 2.35. The molecule has 0 amide bonds. The minimum atomic E-state index is -4.72. The molecule has 4 rings (SSSR count). The van der Waals surface area contributed by atoms with Gasteiger partial charge in [0.05, 0.1) is 5.69 Å². The molecule has 0 unspecified atom stereocenters. The number of para-hydroxylation sites is 1. The third-order valence-corrected chi connectivity index (χ3v) is 3.81. The Labute approximate surface area is 159 Å².